The van der Waals surface area contributed by atoms with Crippen molar-refractivity contribution in [3.8, 4) is 0 Å². The molecule has 2 unspecified atom stereocenters. The standard InChI is InChI=1S/C18H16N6O6S3/c25-17-21-3-1-13(11-5-19-31-9-11)15(7-21)23(17)29-33(27,28)30-24-16-8-22(18(24)26)4-2-14(16)12-6-20-32-10-12/h1-2,5-6,9-10,15-16H,3-4,7-8H2. The molecule has 4 aliphatic heterocycles. The average Bonchev–Trinajstić information content (AvgIpc) is 3.60. The summed E-state index contributed by atoms with van der Waals surface area (Å²) in [6, 6.07) is -2.49. The number of rotatable bonds is 6. The minimum absolute atomic E-state index is 0.271. The predicted molar refractivity (Wildman–Crippen MR) is 116 cm³/mol. The van der Waals surface area contributed by atoms with Gasteiger partial charge in [0.05, 0.1) is 13.1 Å². The molecule has 4 amide bonds. The normalized spacial score (nSPS) is 24.6. The maximum absolute atomic E-state index is 12.9. The molecule has 2 aromatic rings. The summed E-state index contributed by atoms with van der Waals surface area (Å²) in [5, 5.41) is 5.22. The van der Waals surface area contributed by atoms with Crippen molar-refractivity contribution >= 4 is 56.7 Å². The van der Waals surface area contributed by atoms with E-state index in [9.17, 15) is 18.0 Å². The zero-order valence-electron chi connectivity index (χ0n) is 16.8. The van der Waals surface area contributed by atoms with Crippen LogP contribution in [0.15, 0.2) is 35.3 Å². The summed E-state index contributed by atoms with van der Waals surface area (Å²) < 4.78 is 44.1. The molecule has 0 spiro atoms. The second-order valence-electron chi connectivity index (χ2n) is 7.76. The van der Waals surface area contributed by atoms with E-state index in [1.54, 1.807) is 12.4 Å². The molecule has 0 radical (unpaired) electrons. The van der Waals surface area contributed by atoms with Gasteiger partial charge in [-0.2, -0.15) is 18.5 Å². The first-order chi connectivity index (χ1) is 15.9. The van der Waals surface area contributed by atoms with Gasteiger partial charge in [0.1, 0.15) is 12.1 Å². The second kappa shape index (κ2) is 7.59. The number of nitrogens with zero attached hydrogens (tertiary/aromatic N) is 6. The lowest BCUT2D eigenvalue weighted by Crippen LogP contribution is -2.41. The number of aromatic nitrogens is 2. The average molecular weight is 509 g/mol. The van der Waals surface area contributed by atoms with Gasteiger partial charge in [-0.05, 0) is 34.2 Å². The Labute approximate surface area is 196 Å². The van der Waals surface area contributed by atoms with Crippen molar-refractivity contribution in [1.29, 1.82) is 0 Å². The van der Waals surface area contributed by atoms with Crippen LogP contribution in [0.25, 0.3) is 11.1 Å². The summed E-state index contributed by atoms with van der Waals surface area (Å²) >= 11 is 2.51. The molecule has 4 bridgehead atoms. The Morgan fingerprint density at radius 2 is 1.27 bits per heavy atom. The van der Waals surface area contributed by atoms with Crippen molar-refractivity contribution < 1.29 is 26.6 Å². The fourth-order valence-electron chi connectivity index (χ4n) is 4.40. The van der Waals surface area contributed by atoms with E-state index in [1.165, 1.54) is 32.9 Å². The molecule has 0 N–H and O–H groups in total. The maximum atomic E-state index is 12.9. The largest absolute Gasteiger partial charge is 0.442 e. The molecule has 0 aliphatic carbocycles. The van der Waals surface area contributed by atoms with Gasteiger partial charge in [-0.1, -0.05) is 12.2 Å². The van der Waals surface area contributed by atoms with Crippen LogP contribution in [0.2, 0.25) is 0 Å². The fourth-order valence-corrected chi connectivity index (χ4v) is 6.25. The lowest BCUT2D eigenvalue weighted by atomic mass is 9.99. The maximum Gasteiger partial charge on any atom is 0.442 e. The molecule has 0 aromatic carbocycles. The van der Waals surface area contributed by atoms with Crippen LogP contribution in [0.4, 0.5) is 9.59 Å². The van der Waals surface area contributed by atoms with Crippen LogP contribution < -0.4 is 0 Å². The summed E-state index contributed by atoms with van der Waals surface area (Å²) in [7, 11) is -4.80. The van der Waals surface area contributed by atoms with E-state index >= 15 is 0 Å². The van der Waals surface area contributed by atoms with Crippen LogP contribution in [0.5, 0.6) is 0 Å². The minimum atomic E-state index is -4.80. The molecule has 172 valence electrons. The van der Waals surface area contributed by atoms with Crippen LogP contribution >= 0.6 is 23.1 Å². The number of carbonyl (C=O) groups is 2. The van der Waals surface area contributed by atoms with E-state index < -0.39 is 34.5 Å². The summed E-state index contributed by atoms with van der Waals surface area (Å²) in [6.45, 7) is 1.19. The molecular formula is C18H16N6O6S3. The Kier molecular flexibility index (Phi) is 4.77. The molecule has 0 saturated carbocycles. The van der Waals surface area contributed by atoms with E-state index in [0.717, 1.165) is 32.4 Å². The number of urea groups is 2. The molecule has 33 heavy (non-hydrogen) atoms. The summed E-state index contributed by atoms with van der Waals surface area (Å²) in [4.78, 5) is 28.4. The van der Waals surface area contributed by atoms with Crippen LogP contribution in [-0.4, -0.2) is 87.4 Å². The van der Waals surface area contributed by atoms with Crippen molar-refractivity contribution in [2.75, 3.05) is 26.2 Å². The number of carbonyl (C=O) groups excluding carboxylic acids is 2. The van der Waals surface area contributed by atoms with Gasteiger partial charge in [0, 0.05) is 47.4 Å². The lowest BCUT2D eigenvalue weighted by Gasteiger charge is -2.26. The molecule has 6 rings (SSSR count). The molecule has 2 saturated heterocycles. The highest BCUT2D eigenvalue weighted by atomic mass is 32.3. The number of fused-ring (bicyclic) bond motifs is 4. The molecule has 2 atom stereocenters. The van der Waals surface area contributed by atoms with E-state index in [-0.39, 0.29) is 13.1 Å². The highest BCUT2D eigenvalue weighted by molar-refractivity contribution is 7.81. The Hall–Kier alpha value is -2.85. The smallest absolute Gasteiger partial charge is 0.317 e. The van der Waals surface area contributed by atoms with E-state index in [2.05, 4.69) is 8.75 Å². The van der Waals surface area contributed by atoms with Gasteiger partial charge in [0.25, 0.3) is 0 Å². The SMILES string of the molecule is O=C1N2CC=C(c3cnsc3)C(C2)N1OS(=O)(=O)ON1C(=O)N2CC=C(c3cnsc3)C1C2. The van der Waals surface area contributed by atoms with Crippen LogP contribution in [-0.2, 0) is 19.0 Å². The molecule has 12 nitrogen and oxygen atoms in total. The number of hydroxylamine groups is 4. The molecule has 6 heterocycles. The summed E-state index contributed by atoms with van der Waals surface area (Å²) in [6.07, 6.45) is 7.00. The number of hydrogen-bond acceptors (Lipinski definition) is 10. The molecule has 2 fully saturated rings. The highest BCUT2D eigenvalue weighted by Crippen LogP contribution is 2.36. The quantitative estimate of drug-likeness (QED) is 0.574. The third-order valence-electron chi connectivity index (χ3n) is 5.93. The Morgan fingerprint density at radius 3 is 1.67 bits per heavy atom. The summed E-state index contributed by atoms with van der Waals surface area (Å²) in [5.41, 5.74) is 3.08. The first kappa shape index (κ1) is 20.7. The van der Waals surface area contributed by atoms with Gasteiger partial charge in [-0.25, -0.2) is 18.3 Å². The van der Waals surface area contributed by atoms with Crippen molar-refractivity contribution in [2.24, 2.45) is 0 Å². The van der Waals surface area contributed by atoms with Crippen LogP contribution in [0.1, 0.15) is 11.1 Å². The van der Waals surface area contributed by atoms with Gasteiger partial charge in [0.15, 0.2) is 0 Å². The lowest BCUT2D eigenvalue weighted by molar-refractivity contribution is -0.0701. The Morgan fingerprint density at radius 1 is 0.818 bits per heavy atom. The molecular weight excluding hydrogens is 492 g/mol. The molecule has 2 aromatic heterocycles. The van der Waals surface area contributed by atoms with Crippen molar-refractivity contribution in [2.45, 2.75) is 12.1 Å². The highest BCUT2D eigenvalue weighted by Gasteiger charge is 2.49. The Bertz CT molecular complexity index is 1180. The van der Waals surface area contributed by atoms with Crippen LogP contribution in [0.3, 0.4) is 0 Å². The van der Waals surface area contributed by atoms with Gasteiger partial charge >= 0.3 is 22.5 Å². The first-order valence-electron chi connectivity index (χ1n) is 9.91. The monoisotopic (exact) mass is 508 g/mol. The molecule has 4 aliphatic rings. The third-order valence-corrected chi connectivity index (χ3v) is 7.79. The minimum Gasteiger partial charge on any atom is -0.317 e. The topological polar surface area (TPSA) is 125 Å². The van der Waals surface area contributed by atoms with Crippen LogP contribution in [0, 0.1) is 0 Å². The number of amides is 4. The van der Waals surface area contributed by atoms with Crippen molar-refractivity contribution in [3.63, 3.8) is 0 Å². The van der Waals surface area contributed by atoms with Crippen molar-refractivity contribution in [3.05, 3.63) is 46.4 Å². The summed E-state index contributed by atoms with van der Waals surface area (Å²) in [5.74, 6) is 0. The first-order valence-corrected chi connectivity index (χ1v) is 12.9. The van der Waals surface area contributed by atoms with E-state index in [1.807, 2.05) is 22.9 Å². The van der Waals surface area contributed by atoms with E-state index in [4.69, 9.17) is 8.57 Å². The van der Waals surface area contributed by atoms with Gasteiger partial charge in [-0.15, -0.1) is 8.57 Å². The predicted octanol–water partition coefficient (Wildman–Crippen LogP) is 1.41. The van der Waals surface area contributed by atoms with Gasteiger partial charge < -0.3 is 9.80 Å². The van der Waals surface area contributed by atoms with E-state index in [0.29, 0.717) is 13.1 Å². The fraction of sp³-hybridized carbons (Fsp3) is 0.333. The zero-order chi connectivity index (χ0) is 22.7. The second-order valence-corrected chi connectivity index (χ2v) is 10.2. The number of hydrogen-bond donors (Lipinski definition) is 0. The van der Waals surface area contributed by atoms with Gasteiger partial charge in [-0.3, -0.25) is 0 Å². The molecule has 15 heteroatoms. The van der Waals surface area contributed by atoms with Crippen molar-refractivity contribution in [1.82, 2.24) is 28.7 Å². The zero-order valence-corrected chi connectivity index (χ0v) is 19.3. The van der Waals surface area contributed by atoms with Gasteiger partial charge in [0.2, 0.25) is 0 Å². The third kappa shape index (κ3) is 3.43. The Balaban J connectivity index is 1.23.